The minimum Gasteiger partial charge on any atom is -0.497 e. The number of hydrogen-bond donors (Lipinski definition) is 1. The van der Waals surface area contributed by atoms with E-state index in [0.717, 1.165) is 0 Å². The highest BCUT2D eigenvalue weighted by Crippen LogP contribution is 2.14. The van der Waals surface area contributed by atoms with E-state index in [4.69, 9.17) is 14.7 Å². The third-order valence-electron chi connectivity index (χ3n) is 2.38. The van der Waals surface area contributed by atoms with Gasteiger partial charge in [0.25, 0.3) is 5.91 Å². The van der Waals surface area contributed by atoms with Crippen LogP contribution in [0.25, 0.3) is 6.08 Å². The highest BCUT2D eigenvalue weighted by Gasteiger charge is 2.12. The topological polar surface area (TPSA) is 88.4 Å². The Morgan fingerprint density at radius 3 is 2.50 bits per heavy atom. The molecular formula is C14H14N2O4. The molecule has 6 heteroatoms. The van der Waals surface area contributed by atoms with Crippen molar-refractivity contribution in [2.75, 3.05) is 20.8 Å². The Morgan fingerprint density at radius 1 is 1.35 bits per heavy atom. The zero-order valence-corrected chi connectivity index (χ0v) is 11.2. The first-order valence-electron chi connectivity index (χ1n) is 5.74. The van der Waals surface area contributed by atoms with E-state index in [0.29, 0.717) is 11.3 Å². The van der Waals surface area contributed by atoms with Crippen molar-refractivity contribution in [3.8, 4) is 11.8 Å². The molecule has 0 fully saturated rings. The number of nitrogens with one attached hydrogen (secondary N) is 1. The minimum absolute atomic E-state index is 0.181. The van der Waals surface area contributed by atoms with Gasteiger partial charge in [0.05, 0.1) is 7.11 Å². The normalized spacial score (nSPS) is 10.3. The molecule has 1 N–H and O–H groups in total. The van der Waals surface area contributed by atoms with E-state index < -0.39 is 18.5 Å². The van der Waals surface area contributed by atoms with Crippen molar-refractivity contribution >= 4 is 18.0 Å². The first-order chi connectivity index (χ1) is 9.60. The number of esters is 1. The summed E-state index contributed by atoms with van der Waals surface area (Å²) in [5.41, 5.74) is 0.471. The molecule has 1 aromatic carbocycles. The molecule has 1 aromatic rings. The molecule has 0 atom stereocenters. The second kappa shape index (κ2) is 7.59. The van der Waals surface area contributed by atoms with Crippen LogP contribution >= 0.6 is 0 Å². The van der Waals surface area contributed by atoms with Crippen LogP contribution in [0.3, 0.4) is 0 Å². The van der Waals surface area contributed by atoms with Gasteiger partial charge in [-0.25, -0.2) is 4.79 Å². The quantitative estimate of drug-likeness (QED) is 0.489. The SMILES string of the molecule is CNC(=O)COC(=O)/C(C#N)=C/c1ccc(OC)cc1. The van der Waals surface area contributed by atoms with Gasteiger partial charge < -0.3 is 14.8 Å². The largest absolute Gasteiger partial charge is 0.497 e. The summed E-state index contributed by atoms with van der Waals surface area (Å²) in [5, 5.41) is 11.2. The van der Waals surface area contributed by atoms with Crippen LogP contribution in [0.15, 0.2) is 29.8 Å². The first kappa shape index (κ1) is 15.2. The van der Waals surface area contributed by atoms with E-state index in [2.05, 4.69) is 5.32 Å². The molecule has 0 aromatic heterocycles. The summed E-state index contributed by atoms with van der Waals surface area (Å²) in [6, 6.07) is 8.55. The lowest BCUT2D eigenvalue weighted by atomic mass is 10.1. The third kappa shape index (κ3) is 4.46. The molecule has 0 unspecified atom stereocenters. The number of hydrogen-bond acceptors (Lipinski definition) is 5. The second-order valence-electron chi connectivity index (χ2n) is 3.69. The zero-order valence-electron chi connectivity index (χ0n) is 11.2. The number of methoxy groups -OCH3 is 1. The van der Waals surface area contributed by atoms with Gasteiger partial charge in [-0.1, -0.05) is 12.1 Å². The third-order valence-corrected chi connectivity index (χ3v) is 2.38. The lowest BCUT2D eigenvalue weighted by molar-refractivity contribution is -0.144. The van der Waals surface area contributed by atoms with Crippen LogP contribution in [0, 0.1) is 11.3 Å². The van der Waals surface area contributed by atoms with Crippen molar-refractivity contribution in [2.45, 2.75) is 0 Å². The van der Waals surface area contributed by atoms with Crippen molar-refractivity contribution in [1.82, 2.24) is 5.32 Å². The number of rotatable bonds is 5. The smallest absolute Gasteiger partial charge is 0.349 e. The molecule has 0 aliphatic heterocycles. The summed E-state index contributed by atoms with van der Waals surface area (Å²) < 4.78 is 9.70. The van der Waals surface area contributed by atoms with Crippen LogP contribution in [0.5, 0.6) is 5.75 Å². The van der Waals surface area contributed by atoms with Crippen LogP contribution in [0.4, 0.5) is 0 Å². The van der Waals surface area contributed by atoms with Crippen molar-refractivity contribution in [3.63, 3.8) is 0 Å². The molecule has 0 heterocycles. The van der Waals surface area contributed by atoms with Crippen molar-refractivity contribution < 1.29 is 19.1 Å². The fraction of sp³-hybridized carbons (Fsp3) is 0.214. The molecule has 1 amide bonds. The van der Waals surface area contributed by atoms with Gasteiger partial charge in [0.2, 0.25) is 0 Å². The molecule has 0 aliphatic rings. The van der Waals surface area contributed by atoms with E-state index in [1.807, 2.05) is 0 Å². The molecule has 0 saturated heterocycles. The van der Waals surface area contributed by atoms with Gasteiger partial charge in [0.15, 0.2) is 6.61 Å². The fourth-order valence-corrected chi connectivity index (χ4v) is 1.28. The Balaban J connectivity index is 2.78. The first-order valence-corrected chi connectivity index (χ1v) is 5.74. The van der Waals surface area contributed by atoms with E-state index in [-0.39, 0.29) is 5.57 Å². The Kier molecular flexibility index (Phi) is 5.78. The maximum absolute atomic E-state index is 11.6. The van der Waals surface area contributed by atoms with Crippen molar-refractivity contribution in [3.05, 3.63) is 35.4 Å². The monoisotopic (exact) mass is 274 g/mol. The van der Waals surface area contributed by atoms with E-state index in [1.54, 1.807) is 37.4 Å². The number of nitrogens with zero attached hydrogens (tertiary/aromatic N) is 1. The van der Waals surface area contributed by atoms with Crippen LogP contribution < -0.4 is 10.1 Å². The van der Waals surface area contributed by atoms with E-state index in [1.165, 1.54) is 13.1 Å². The number of benzene rings is 1. The predicted molar refractivity (Wildman–Crippen MR) is 71.6 cm³/mol. The van der Waals surface area contributed by atoms with Gasteiger partial charge in [0, 0.05) is 7.05 Å². The number of nitriles is 1. The summed E-state index contributed by atoms with van der Waals surface area (Å²) in [6.07, 6.45) is 1.38. The van der Waals surface area contributed by atoms with Gasteiger partial charge in [-0.15, -0.1) is 0 Å². The van der Waals surface area contributed by atoms with Crippen LogP contribution in [0.1, 0.15) is 5.56 Å². The summed E-state index contributed by atoms with van der Waals surface area (Å²) in [4.78, 5) is 22.6. The molecule has 0 spiro atoms. The lowest BCUT2D eigenvalue weighted by Crippen LogP contribution is -2.25. The Morgan fingerprint density at radius 2 is 2.00 bits per heavy atom. The molecule has 0 saturated carbocycles. The van der Waals surface area contributed by atoms with E-state index in [9.17, 15) is 9.59 Å². The Labute approximate surface area is 116 Å². The molecule has 104 valence electrons. The number of amides is 1. The summed E-state index contributed by atoms with van der Waals surface area (Å²) in [6.45, 7) is -0.420. The van der Waals surface area contributed by atoms with Crippen molar-refractivity contribution in [2.24, 2.45) is 0 Å². The highest BCUT2D eigenvalue weighted by molar-refractivity contribution is 5.98. The van der Waals surface area contributed by atoms with Gasteiger partial charge in [0.1, 0.15) is 17.4 Å². The Hall–Kier alpha value is -2.81. The standard InChI is InChI=1S/C14H14N2O4/c1-16-13(17)9-20-14(18)11(8-15)7-10-3-5-12(19-2)6-4-10/h3-7H,9H2,1-2H3,(H,16,17)/b11-7+. The summed E-state index contributed by atoms with van der Waals surface area (Å²) >= 11 is 0. The summed E-state index contributed by atoms with van der Waals surface area (Å²) in [5.74, 6) is -0.616. The molecule has 6 nitrogen and oxygen atoms in total. The number of ether oxygens (including phenoxy) is 2. The van der Waals surface area contributed by atoms with Crippen molar-refractivity contribution in [1.29, 1.82) is 5.26 Å². The maximum Gasteiger partial charge on any atom is 0.349 e. The number of likely N-dealkylation sites (N-methyl/N-ethyl adjacent to an activating group) is 1. The minimum atomic E-state index is -0.841. The average Bonchev–Trinajstić information content (AvgIpc) is 2.50. The van der Waals surface area contributed by atoms with Crippen LogP contribution in [-0.2, 0) is 14.3 Å². The molecule has 0 bridgehead atoms. The lowest BCUT2D eigenvalue weighted by Gasteiger charge is -2.03. The van der Waals surface area contributed by atoms with Gasteiger partial charge in [-0.2, -0.15) is 5.26 Å². The molecule has 0 aliphatic carbocycles. The molecule has 0 radical (unpaired) electrons. The van der Waals surface area contributed by atoms with Gasteiger partial charge in [-0.3, -0.25) is 4.79 Å². The Bertz CT molecular complexity index is 556. The molecule has 1 rings (SSSR count). The summed E-state index contributed by atoms with van der Waals surface area (Å²) in [7, 11) is 2.97. The predicted octanol–water partition coefficient (Wildman–Crippen LogP) is 0.891. The number of carbonyl (C=O) groups excluding carboxylic acids is 2. The van der Waals surface area contributed by atoms with Gasteiger partial charge in [-0.05, 0) is 23.8 Å². The highest BCUT2D eigenvalue weighted by atomic mass is 16.5. The second-order valence-corrected chi connectivity index (χ2v) is 3.69. The van der Waals surface area contributed by atoms with Crippen LogP contribution in [-0.4, -0.2) is 32.6 Å². The zero-order chi connectivity index (χ0) is 15.0. The molecule has 20 heavy (non-hydrogen) atoms. The average molecular weight is 274 g/mol. The van der Waals surface area contributed by atoms with Crippen LogP contribution in [0.2, 0.25) is 0 Å². The maximum atomic E-state index is 11.6. The van der Waals surface area contributed by atoms with Gasteiger partial charge >= 0.3 is 5.97 Å². The number of carbonyl (C=O) groups is 2. The fourth-order valence-electron chi connectivity index (χ4n) is 1.28. The molecular weight excluding hydrogens is 260 g/mol. The van der Waals surface area contributed by atoms with E-state index >= 15 is 0 Å².